The maximum Gasteiger partial charge on any atom is 0.0468 e. The van der Waals surface area contributed by atoms with Crippen molar-refractivity contribution in [2.75, 3.05) is 4.90 Å². The van der Waals surface area contributed by atoms with E-state index < -0.39 is 0 Å². The largest absolute Gasteiger partial charge is 0.310 e. The van der Waals surface area contributed by atoms with Gasteiger partial charge in [0.15, 0.2) is 0 Å². The Morgan fingerprint density at radius 3 is 1.62 bits per heavy atom. The van der Waals surface area contributed by atoms with Crippen molar-refractivity contribution < 1.29 is 0 Å². The Balaban J connectivity index is 1.24. The zero-order valence-electron chi connectivity index (χ0n) is 26.3. The molecule has 9 aromatic rings. The van der Waals surface area contributed by atoms with Crippen LogP contribution in [0.2, 0.25) is 0 Å². The van der Waals surface area contributed by atoms with Gasteiger partial charge in [0.25, 0.3) is 0 Å². The Morgan fingerprint density at radius 1 is 0.333 bits per heavy atom. The molecule has 2 heteroatoms. The van der Waals surface area contributed by atoms with Crippen molar-refractivity contribution in [3.63, 3.8) is 0 Å². The van der Waals surface area contributed by atoms with Crippen LogP contribution in [-0.2, 0) is 0 Å². The number of anilines is 3. The fraction of sp³-hybridized carbons (Fsp3) is 0. The van der Waals surface area contributed by atoms with Crippen LogP contribution >= 0.6 is 11.3 Å². The molecule has 0 bridgehead atoms. The fourth-order valence-corrected chi connectivity index (χ4v) is 8.08. The molecule has 226 valence electrons. The van der Waals surface area contributed by atoms with Gasteiger partial charge in [-0.15, -0.1) is 11.3 Å². The molecule has 0 amide bonds. The highest BCUT2D eigenvalue weighted by Crippen LogP contribution is 2.44. The highest BCUT2D eigenvalue weighted by atomic mass is 32.1. The number of fused-ring (bicyclic) bond motifs is 5. The van der Waals surface area contributed by atoms with Gasteiger partial charge < -0.3 is 4.90 Å². The first-order valence-electron chi connectivity index (χ1n) is 16.3. The molecule has 0 atom stereocenters. The van der Waals surface area contributed by atoms with Crippen LogP contribution in [0.25, 0.3) is 64.3 Å². The van der Waals surface area contributed by atoms with Gasteiger partial charge in [-0.25, -0.2) is 0 Å². The molecule has 1 nitrogen and oxygen atoms in total. The number of nitrogens with zero attached hydrogens (tertiary/aromatic N) is 1. The molecule has 0 saturated heterocycles. The van der Waals surface area contributed by atoms with Crippen molar-refractivity contribution >= 4 is 59.3 Å². The monoisotopic (exact) mass is 629 g/mol. The maximum absolute atomic E-state index is 2.39. The van der Waals surface area contributed by atoms with E-state index in [0.717, 1.165) is 17.1 Å². The molecule has 0 saturated carbocycles. The second kappa shape index (κ2) is 12.0. The average molecular weight is 630 g/mol. The molecule has 0 fully saturated rings. The average Bonchev–Trinajstić information content (AvgIpc) is 3.55. The Bertz CT molecular complexity index is 2530. The van der Waals surface area contributed by atoms with Crippen LogP contribution < -0.4 is 4.90 Å². The van der Waals surface area contributed by atoms with E-state index in [1.54, 1.807) is 0 Å². The predicted molar refractivity (Wildman–Crippen MR) is 208 cm³/mol. The molecule has 0 aliphatic carbocycles. The Kier molecular flexibility index (Phi) is 7.07. The van der Waals surface area contributed by atoms with E-state index in [4.69, 9.17) is 0 Å². The zero-order valence-corrected chi connectivity index (χ0v) is 27.1. The van der Waals surface area contributed by atoms with Gasteiger partial charge in [0, 0.05) is 37.2 Å². The minimum atomic E-state index is 1.11. The van der Waals surface area contributed by atoms with Crippen LogP contribution in [0.1, 0.15) is 0 Å². The number of hydrogen-bond acceptors (Lipinski definition) is 2. The van der Waals surface area contributed by atoms with E-state index in [2.05, 4.69) is 193 Å². The number of thiophene rings is 1. The summed E-state index contributed by atoms with van der Waals surface area (Å²) >= 11 is 1.87. The van der Waals surface area contributed by atoms with E-state index in [-0.39, 0.29) is 0 Å². The molecule has 0 N–H and O–H groups in total. The van der Waals surface area contributed by atoms with Crippen molar-refractivity contribution in [1.29, 1.82) is 0 Å². The molecule has 1 aromatic heterocycles. The molecule has 0 aliphatic heterocycles. The van der Waals surface area contributed by atoms with Crippen molar-refractivity contribution in [1.82, 2.24) is 0 Å². The van der Waals surface area contributed by atoms with Crippen molar-refractivity contribution in [3.05, 3.63) is 188 Å². The van der Waals surface area contributed by atoms with Gasteiger partial charge in [0.2, 0.25) is 0 Å². The summed E-state index contributed by atoms with van der Waals surface area (Å²) in [6.45, 7) is 0. The first kappa shape index (κ1) is 28.3. The Hall–Kier alpha value is -5.96. The highest BCUT2D eigenvalue weighted by Gasteiger charge is 2.18. The number of benzene rings is 8. The zero-order chi connectivity index (χ0) is 31.9. The normalized spacial score (nSPS) is 11.3. The molecule has 0 radical (unpaired) electrons. The summed E-state index contributed by atoms with van der Waals surface area (Å²) in [5.74, 6) is 0. The van der Waals surface area contributed by atoms with E-state index >= 15 is 0 Å². The Labute approximate surface area is 284 Å². The molecule has 9 rings (SSSR count). The van der Waals surface area contributed by atoms with Crippen LogP contribution in [0.4, 0.5) is 17.1 Å². The summed E-state index contributed by atoms with van der Waals surface area (Å²) in [5.41, 5.74) is 10.6. The van der Waals surface area contributed by atoms with Gasteiger partial charge in [0.05, 0.1) is 0 Å². The summed E-state index contributed by atoms with van der Waals surface area (Å²) in [6, 6.07) is 68.1. The molecule has 0 spiro atoms. The Morgan fingerprint density at radius 2 is 0.896 bits per heavy atom. The maximum atomic E-state index is 2.39. The standard InChI is InChI=1S/C46H31NS/c1-4-12-32(13-5-1)33-20-23-37(24-21-33)47(38-26-28-41-36(30-38)22-29-45-46(41)42-18-10-11-19-44(42)48-45)39-25-27-40(34-14-6-2-7-15-34)43(31-39)35-16-8-3-9-17-35/h1-31H. The lowest BCUT2D eigenvalue weighted by Crippen LogP contribution is -2.10. The summed E-state index contributed by atoms with van der Waals surface area (Å²) < 4.78 is 2.66. The second-order valence-corrected chi connectivity index (χ2v) is 13.2. The van der Waals surface area contributed by atoms with E-state index in [0.29, 0.717) is 0 Å². The van der Waals surface area contributed by atoms with Crippen LogP contribution in [0.3, 0.4) is 0 Å². The molecule has 0 aliphatic rings. The van der Waals surface area contributed by atoms with Crippen LogP contribution in [0.5, 0.6) is 0 Å². The quantitative estimate of drug-likeness (QED) is 0.177. The molecule has 1 heterocycles. The summed E-state index contributed by atoms with van der Waals surface area (Å²) in [4.78, 5) is 2.39. The predicted octanol–water partition coefficient (Wildman–Crippen LogP) is 13.7. The van der Waals surface area contributed by atoms with Crippen molar-refractivity contribution in [2.45, 2.75) is 0 Å². The van der Waals surface area contributed by atoms with Gasteiger partial charge >= 0.3 is 0 Å². The fourth-order valence-electron chi connectivity index (χ4n) is 6.96. The van der Waals surface area contributed by atoms with Crippen molar-refractivity contribution in [2.24, 2.45) is 0 Å². The topological polar surface area (TPSA) is 3.24 Å². The third-order valence-electron chi connectivity index (χ3n) is 9.26. The van der Waals surface area contributed by atoms with E-state index in [1.807, 2.05) is 11.3 Å². The van der Waals surface area contributed by atoms with E-state index in [1.165, 1.54) is 64.3 Å². The smallest absolute Gasteiger partial charge is 0.0468 e. The summed E-state index contributed by atoms with van der Waals surface area (Å²) in [6.07, 6.45) is 0. The molecule has 48 heavy (non-hydrogen) atoms. The van der Waals surface area contributed by atoms with Crippen molar-refractivity contribution in [3.8, 4) is 33.4 Å². The summed E-state index contributed by atoms with van der Waals surface area (Å²) in [5, 5.41) is 5.20. The lowest BCUT2D eigenvalue weighted by Gasteiger charge is -2.27. The second-order valence-electron chi connectivity index (χ2n) is 12.2. The van der Waals surface area contributed by atoms with Gasteiger partial charge in [-0.2, -0.15) is 0 Å². The van der Waals surface area contributed by atoms with Crippen LogP contribution in [0.15, 0.2) is 188 Å². The first-order chi connectivity index (χ1) is 23.8. The minimum Gasteiger partial charge on any atom is -0.310 e. The van der Waals surface area contributed by atoms with Crippen LogP contribution in [0, 0.1) is 0 Å². The molecule has 8 aromatic carbocycles. The molecular weight excluding hydrogens is 599 g/mol. The molecular formula is C46H31NS. The number of hydrogen-bond donors (Lipinski definition) is 0. The van der Waals surface area contributed by atoms with Gasteiger partial charge in [-0.05, 0) is 92.7 Å². The van der Waals surface area contributed by atoms with Gasteiger partial charge in [0.1, 0.15) is 0 Å². The van der Waals surface area contributed by atoms with Gasteiger partial charge in [-0.3, -0.25) is 0 Å². The first-order valence-corrected chi connectivity index (χ1v) is 17.2. The third kappa shape index (κ3) is 5.04. The lowest BCUT2D eigenvalue weighted by molar-refractivity contribution is 1.29. The molecule has 0 unspecified atom stereocenters. The van der Waals surface area contributed by atoms with E-state index in [9.17, 15) is 0 Å². The summed E-state index contributed by atoms with van der Waals surface area (Å²) in [7, 11) is 0. The highest BCUT2D eigenvalue weighted by molar-refractivity contribution is 7.26. The van der Waals surface area contributed by atoms with Crippen LogP contribution in [-0.4, -0.2) is 0 Å². The SMILES string of the molecule is c1ccc(-c2ccc(N(c3ccc(-c4ccccc4)c(-c4ccccc4)c3)c3ccc4c(ccc5sc6ccccc6c54)c3)cc2)cc1. The lowest BCUT2D eigenvalue weighted by atomic mass is 9.93. The number of rotatable bonds is 6. The van der Waals surface area contributed by atoms with Gasteiger partial charge in [-0.1, -0.05) is 140 Å². The minimum absolute atomic E-state index is 1.11. The third-order valence-corrected chi connectivity index (χ3v) is 10.4.